The molecule has 1 aliphatic heterocycles. The number of rotatable bonds is 5. The Labute approximate surface area is 190 Å². The Morgan fingerprint density at radius 2 is 1.68 bits per heavy atom. The smallest absolute Gasteiger partial charge is 0.270 e. The Kier molecular flexibility index (Phi) is 6.82. The minimum Gasteiger partial charge on any atom is -0.335 e. The highest BCUT2D eigenvalue weighted by Crippen LogP contribution is 2.34. The van der Waals surface area contributed by atoms with Gasteiger partial charge >= 0.3 is 0 Å². The van der Waals surface area contributed by atoms with Gasteiger partial charge < -0.3 is 15.5 Å². The molecule has 0 unspecified atom stereocenters. The van der Waals surface area contributed by atoms with Crippen molar-refractivity contribution in [2.45, 2.75) is 0 Å². The van der Waals surface area contributed by atoms with Crippen LogP contribution in [0.2, 0.25) is 5.02 Å². The number of amides is 2. The van der Waals surface area contributed by atoms with E-state index in [2.05, 4.69) is 10.6 Å². The van der Waals surface area contributed by atoms with Crippen molar-refractivity contribution in [2.75, 3.05) is 26.2 Å². The normalized spacial score (nSPS) is 14.4. The van der Waals surface area contributed by atoms with Gasteiger partial charge in [0, 0.05) is 52.1 Å². The van der Waals surface area contributed by atoms with Crippen molar-refractivity contribution in [1.29, 1.82) is 0 Å². The van der Waals surface area contributed by atoms with Crippen molar-refractivity contribution in [1.82, 2.24) is 15.5 Å². The number of nitrogens with zero attached hydrogens (tertiary/aromatic N) is 1. The maximum Gasteiger partial charge on any atom is 0.270 e. The highest BCUT2D eigenvalue weighted by Gasteiger charge is 2.22. The fraction of sp³-hybridized carbons (Fsp3) is 0.167. The standard InChI is InChI=1S/C24H22ClN3O2S/c25-20-9-5-4-8-19(20)22-11-10-18(31-22)16-21(24(30)28-14-12-26-13-15-28)27-23(29)17-6-2-1-3-7-17/h1-11,16,26H,12-15H2,(H,27,29). The zero-order valence-electron chi connectivity index (χ0n) is 16.8. The summed E-state index contributed by atoms with van der Waals surface area (Å²) in [7, 11) is 0. The van der Waals surface area contributed by atoms with Crippen LogP contribution in [0.4, 0.5) is 0 Å². The number of piperazine rings is 1. The van der Waals surface area contributed by atoms with Crippen LogP contribution in [-0.4, -0.2) is 42.9 Å². The molecule has 1 fully saturated rings. The van der Waals surface area contributed by atoms with Crippen LogP contribution in [0.1, 0.15) is 15.2 Å². The summed E-state index contributed by atoms with van der Waals surface area (Å²) < 4.78 is 0. The van der Waals surface area contributed by atoms with E-state index in [4.69, 9.17) is 11.6 Å². The third-order valence-corrected chi connectivity index (χ3v) is 6.37. The van der Waals surface area contributed by atoms with E-state index in [1.165, 1.54) is 11.3 Å². The van der Waals surface area contributed by atoms with E-state index in [1.807, 2.05) is 42.5 Å². The first kappa shape index (κ1) is 21.3. The lowest BCUT2D eigenvalue weighted by molar-refractivity contribution is -0.127. The second-order valence-corrected chi connectivity index (χ2v) is 8.62. The van der Waals surface area contributed by atoms with Crippen LogP contribution in [0.3, 0.4) is 0 Å². The number of carbonyl (C=O) groups excluding carboxylic acids is 2. The Morgan fingerprint density at radius 1 is 0.968 bits per heavy atom. The second-order valence-electron chi connectivity index (χ2n) is 7.10. The molecule has 31 heavy (non-hydrogen) atoms. The molecule has 7 heteroatoms. The molecule has 2 aromatic carbocycles. The molecule has 4 rings (SSSR count). The molecular formula is C24H22ClN3O2S. The average molecular weight is 452 g/mol. The minimum absolute atomic E-state index is 0.182. The first-order valence-corrected chi connectivity index (χ1v) is 11.2. The van der Waals surface area contributed by atoms with Gasteiger partial charge in [-0.3, -0.25) is 9.59 Å². The van der Waals surface area contributed by atoms with Crippen molar-refractivity contribution in [3.05, 3.63) is 87.9 Å². The van der Waals surface area contributed by atoms with E-state index in [0.717, 1.165) is 28.4 Å². The van der Waals surface area contributed by atoms with Gasteiger partial charge in [0.1, 0.15) is 5.70 Å². The quantitative estimate of drug-likeness (QED) is 0.569. The minimum atomic E-state index is -0.307. The highest BCUT2D eigenvalue weighted by molar-refractivity contribution is 7.16. The van der Waals surface area contributed by atoms with Crippen molar-refractivity contribution in [2.24, 2.45) is 0 Å². The van der Waals surface area contributed by atoms with Crippen molar-refractivity contribution >= 4 is 40.8 Å². The van der Waals surface area contributed by atoms with Gasteiger partial charge in [0.15, 0.2) is 0 Å². The number of hydrogen-bond donors (Lipinski definition) is 2. The summed E-state index contributed by atoms with van der Waals surface area (Å²) in [5.41, 5.74) is 1.71. The van der Waals surface area contributed by atoms with Gasteiger partial charge in [-0.2, -0.15) is 0 Å². The molecule has 0 bridgehead atoms. The van der Waals surface area contributed by atoms with E-state index in [0.29, 0.717) is 23.7 Å². The third-order valence-electron chi connectivity index (χ3n) is 4.97. The summed E-state index contributed by atoms with van der Waals surface area (Å²) in [6, 6.07) is 20.5. The summed E-state index contributed by atoms with van der Waals surface area (Å²) in [5, 5.41) is 6.75. The number of nitrogens with one attached hydrogen (secondary N) is 2. The Bertz CT molecular complexity index is 1100. The summed E-state index contributed by atoms with van der Waals surface area (Å²) in [4.78, 5) is 29.6. The van der Waals surface area contributed by atoms with Crippen LogP contribution in [0.25, 0.3) is 16.5 Å². The average Bonchev–Trinajstić information content (AvgIpc) is 3.28. The maximum absolute atomic E-state index is 13.2. The van der Waals surface area contributed by atoms with Gasteiger partial charge in [-0.1, -0.05) is 48.0 Å². The monoisotopic (exact) mass is 451 g/mol. The van der Waals surface area contributed by atoms with E-state index in [1.54, 1.807) is 35.2 Å². The SMILES string of the molecule is O=C(NC(=Cc1ccc(-c2ccccc2Cl)s1)C(=O)N1CCNCC1)c1ccccc1. The van der Waals surface area contributed by atoms with E-state index in [-0.39, 0.29) is 17.5 Å². The van der Waals surface area contributed by atoms with Crippen LogP contribution < -0.4 is 10.6 Å². The molecule has 5 nitrogen and oxygen atoms in total. The Hall–Kier alpha value is -2.93. The molecule has 1 saturated heterocycles. The molecule has 0 saturated carbocycles. The summed E-state index contributed by atoms with van der Waals surface area (Å²) in [6.45, 7) is 2.68. The zero-order valence-corrected chi connectivity index (χ0v) is 18.4. The molecule has 158 valence electrons. The van der Waals surface area contributed by atoms with Crippen molar-refractivity contribution in [3.8, 4) is 10.4 Å². The number of halogens is 1. The molecule has 0 aliphatic carbocycles. The van der Waals surface area contributed by atoms with Gasteiger partial charge in [0.2, 0.25) is 0 Å². The van der Waals surface area contributed by atoms with E-state index in [9.17, 15) is 9.59 Å². The van der Waals surface area contributed by atoms with Gasteiger partial charge in [0.05, 0.1) is 0 Å². The van der Waals surface area contributed by atoms with E-state index < -0.39 is 0 Å². The molecule has 0 spiro atoms. The lowest BCUT2D eigenvalue weighted by Gasteiger charge is -2.28. The van der Waals surface area contributed by atoms with Gasteiger partial charge in [0.25, 0.3) is 11.8 Å². The molecule has 0 radical (unpaired) electrons. The van der Waals surface area contributed by atoms with Crippen molar-refractivity contribution < 1.29 is 9.59 Å². The molecule has 2 heterocycles. The van der Waals surface area contributed by atoms with Gasteiger partial charge in [-0.15, -0.1) is 11.3 Å². The lowest BCUT2D eigenvalue weighted by Crippen LogP contribution is -2.48. The molecular weight excluding hydrogens is 430 g/mol. The fourth-order valence-corrected chi connectivity index (χ4v) is 4.64. The van der Waals surface area contributed by atoms with Gasteiger partial charge in [-0.05, 0) is 36.4 Å². The molecule has 0 atom stereocenters. The largest absolute Gasteiger partial charge is 0.335 e. The Morgan fingerprint density at radius 3 is 2.42 bits per heavy atom. The predicted molar refractivity (Wildman–Crippen MR) is 126 cm³/mol. The van der Waals surface area contributed by atoms with Crippen LogP contribution in [-0.2, 0) is 4.79 Å². The fourth-order valence-electron chi connectivity index (χ4n) is 3.35. The van der Waals surface area contributed by atoms with Crippen LogP contribution in [0.5, 0.6) is 0 Å². The number of thiophene rings is 1. The van der Waals surface area contributed by atoms with Crippen molar-refractivity contribution in [3.63, 3.8) is 0 Å². The molecule has 1 aromatic heterocycles. The molecule has 3 aromatic rings. The Balaban J connectivity index is 1.63. The lowest BCUT2D eigenvalue weighted by atomic mass is 10.2. The summed E-state index contributed by atoms with van der Waals surface area (Å²) >= 11 is 7.85. The topological polar surface area (TPSA) is 61.4 Å². The summed E-state index contributed by atoms with van der Waals surface area (Å²) in [6.07, 6.45) is 1.75. The van der Waals surface area contributed by atoms with Gasteiger partial charge in [-0.25, -0.2) is 0 Å². The predicted octanol–water partition coefficient (Wildman–Crippen LogP) is 4.27. The van der Waals surface area contributed by atoms with E-state index >= 15 is 0 Å². The molecule has 2 N–H and O–H groups in total. The molecule has 1 aliphatic rings. The third kappa shape index (κ3) is 5.22. The summed E-state index contributed by atoms with van der Waals surface area (Å²) in [5.74, 6) is -0.489. The molecule has 2 amide bonds. The second kappa shape index (κ2) is 9.92. The maximum atomic E-state index is 13.2. The highest BCUT2D eigenvalue weighted by atomic mass is 35.5. The number of hydrogen-bond acceptors (Lipinski definition) is 4. The number of benzene rings is 2. The zero-order chi connectivity index (χ0) is 21.6. The van der Waals surface area contributed by atoms with Crippen LogP contribution >= 0.6 is 22.9 Å². The van der Waals surface area contributed by atoms with Crippen LogP contribution in [0, 0.1) is 0 Å². The number of carbonyl (C=O) groups is 2. The first-order chi connectivity index (χ1) is 15.1. The first-order valence-electron chi connectivity index (χ1n) is 10.0. The van der Waals surface area contributed by atoms with Crippen LogP contribution in [0.15, 0.2) is 72.4 Å².